The van der Waals surface area contributed by atoms with Crippen LogP contribution in [0, 0.1) is 11.3 Å². The number of nitrogens with two attached hydrogens (primary N) is 1. The molecule has 4 N–H and O–H groups in total. The molecule has 2 aromatic carbocycles. The third-order valence-electron chi connectivity index (χ3n) is 6.37. The van der Waals surface area contributed by atoms with Crippen LogP contribution in [0.5, 0.6) is 0 Å². The minimum absolute atomic E-state index is 0.00106. The van der Waals surface area contributed by atoms with Gasteiger partial charge in [-0.25, -0.2) is 0 Å². The van der Waals surface area contributed by atoms with Crippen LogP contribution >= 0.6 is 0 Å². The zero-order chi connectivity index (χ0) is 22.7. The van der Waals surface area contributed by atoms with E-state index in [2.05, 4.69) is 4.90 Å². The first-order valence-electron chi connectivity index (χ1n) is 11.0. The molecule has 2 aliphatic rings. The van der Waals surface area contributed by atoms with Crippen LogP contribution in [0.15, 0.2) is 60.3 Å². The number of rotatable bonds is 7. The van der Waals surface area contributed by atoms with Crippen molar-refractivity contribution in [1.29, 1.82) is 5.41 Å². The summed E-state index contributed by atoms with van der Waals surface area (Å²) < 4.78 is 0. The van der Waals surface area contributed by atoms with E-state index in [-0.39, 0.29) is 18.2 Å². The molecule has 2 aromatic rings. The van der Waals surface area contributed by atoms with Gasteiger partial charge in [-0.3, -0.25) is 15.0 Å². The number of carbonyl (C=O) groups is 2. The molecule has 166 valence electrons. The molecule has 1 saturated heterocycles. The van der Waals surface area contributed by atoms with Gasteiger partial charge in [0.05, 0.1) is 12.1 Å². The molecule has 0 unspecified atom stereocenters. The van der Waals surface area contributed by atoms with E-state index in [0.717, 1.165) is 48.5 Å². The summed E-state index contributed by atoms with van der Waals surface area (Å²) in [4.78, 5) is 28.5. The maximum Gasteiger partial charge on any atom is 0.303 e. The van der Waals surface area contributed by atoms with Gasteiger partial charge in [0.1, 0.15) is 5.84 Å². The van der Waals surface area contributed by atoms with Gasteiger partial charge in [-0.15, -0.1) is 0 Å². The highest BCUT2D eigenvalue weighted by molar-refractivity contribution is 6.29. The second kappa shape index (κ2) is 9.26. The van der Waals surface area contributed by atoms with Crippen LogP contribution in [-0.4, -0.2) is 47.4 Å². The average Bonchev–Trinajstić information content (AvgIpc) is 3.15. The first kappa shape index (κ1) is 21.6. The van der Waals surface area contributed by atoms with Crippen molar-refractivity contribution in [3.63, 3.8) is 0 Å². The van der Waals surface area contributed by atoms with E-state index in [1.54, 1.807) is 17.0 Å². The molecule has 0 radical (unpaired) electrons. The Morgan fingerprint density at radius 1 is 1.06 bits per heavy atom. The number of nitrogens with one attached hydrogen (secondary N) is 1. The summed E-state index contributed by atoms with van der Waals surface area (Å²) in [7, 11) is 0. The molecule has 2 aliphatic heterocycles. The van der Waals surface area contributed by atoms with Crippen LogP contribution in [0.2, 0.25) is 0 Å². The summed E-state index contributed by atoms with van der Waals surface area (Å²) in [5.41, 5.74) is 9.62. The third kappa shape index (κ3) is 4.51. The molecule has 0 aromatic heterocycles. The number of amides is 1. The normalized spacial score (nSPS) is 17.2. The zero-order valence-corrected chi connectivity index (χ0v) is 18.0. The van der Waals surface area contributed by atoms with E-state index in [1.165, 1.54) is 0 Å². The predicted molar refractivity (Wildman–Crippen MR) is 124 cm³/mol. The van der Waals surface area contributed by atoms with Crippen molar-refractivity contribution in [2.45, 2.75) is 25.7 Å². The highest BCUT2D eigenvalue weighted by Crippen LogP contribution is 2.36. The molecule has 32 heavy (non-hydrogen) atoms. The highest BCUT2D eigenvalue weighted by Gasteiger charge is 2.36. The number of carbonyl (C=O) groups excluding carboxylic acids is 1. The number of piperidine rings is 1. The molecule has 1 fully saturated rings. The van der Waals surface area contributed by atoms with Crippen molar-refractivity contribution in [2.24, 2.45) is 11.7 Å². The smallest absolute Gasteiger partial charge is 0.303 e. The maximum absolute atomic E-state index is 13.5. The minimum Gasteiger partial charge on any atom is -0.481 e. The summed E-state index contributed by atoms with van der Waals surface area (Å²) in [6, 6.07) is 16.9. The first-order chi connectivity index (χ1) is 15.4. The highest BCUT2D eigenvalue weighted by atomic mass is 16.4. The molecule has 0 spiro atoms. The first-order valence-corrected chi connectivity index (χ1v) is 11.0. The van der Waals surface area contributed by atoms with E-state index in [4.69, 9.17) is 16.2 Å². The Labute approximate surface area is 187 Å². The number of nitrogen functional groups attached to an aromatic ring is 1. The van der Waals surface area contributed by atoms with Gasteiger partial charge in [0.15, 0.2) is 0 Å². The Bertz CT molecular complexity index is 1040. The number of hydrogen-bond acceptors (Lipinski definition) is 4. The summed E-state index contributed by atoms with van der Waals surface area (Å²) in [6.45, 7) is 2.13. The third-order valence-corrected chi connectivity index (χ3v) is 6.37. The van der Waals surface area contributed by atoms with Gasteiger partial charge < -0.3 is 20.6 Å². The number of carboxylic acids is 1. The molecule has 0 atom stereocenters. The largest absolute Gasteiger partial charge is 0.481 e. The lowest BCUT2D eigenvalue weighted by molar-refractivity contribution is -0.137. The number of aliphatic carboxylic acids is 1. The summed E-state index contributed by atoms with van der Waals surface area (Å²) in [6.07, 6.45) is 2.78. The minimum atomic E-state index is -0.741. The molecule has 0 saturated carbocycles. The predicted octanol–water partition coefficient (Wildman–Crippen LogP) is 3.31. The monoisotopic (exact) mass is 432 g/mol. The molecule has 0 bridgehead atoms. The maximum atomic E-state index is 13.5. The van der Waals surface area contributed by atoms with Gasteiger partial charge in [-0.1, -0.05) is 30.3 Å². The molecule has 7 nitrogen and oxygen atoms in total. The van der Waals surface area contributed by atoms with Crippen LogP contribution < -0.4 is 10.6 Å². The van der Waals surface area contributed by atoms with E-state index in [0.29, 0.717) is 24.4 Å². The molecule has 4 rings (SSSR count). The van der Waals surface area contributed by atoms with Gasteiger partial charge in [-0.05, 0) is 55.0 Å². The Balaban J connectivity index is 1.58. The molecular weight excluding hydrogens is 404 g/mol. The Kier molecular flexibility index (Phi) is 6.25. The summed E-state index contributed by atoms with van der Waals surface area (Å²) >= 11 is 0. The van der Waals surface area contributed by atoms with Crippen LogP contribution in [0.25, 0.3) is 5.57 Å². The molecular formula is C25H28N4O3. The fraction of sp³-hybridized carbons (Fsp3) is 0.320. The van der Waals surface area contributed by atoms with E-state index >= 15 is 0 Å². The molecule has 0 aliphatic carbocycles. The number of amidine groups is 1. The van der Waals surface area contributed by atoms with Crippen molar-refractivity contribution in [1.82, 2.24) is 4.90 Å². The van der Waals surface area contributed by atoms with Gasteiger partial charge in [0, 0.05) is 36.5 Å². The van der Waals surface area contributed by atoms with Crippen molar-refractivity contribution in [2.75, 3.05) is 24.5 Å². The van der Waals surface area contributed by atoms with Gasteiger partial charge >= 0.3 is 5.97 Å². The number of nitrogens with zero attached hydrogens (tertiary/aromatic N) is 2. The van der Waals surface area contributed by atoms with Crippen molar-refractivity contribution < 1.29 is 14.7 Å². The lowest BCUT2D eigenvalue weighted by Gasteiger charge is -2.35. The lowest BCUT2D eigenvalue weighted by Crippen LogP contribution is -2.35. The van der Waals surface area contributed by atoms with Crippen LogP contribution in [0.3, 0.4) is 0 Å². The SMILES string of the molecule is N=C(N)c1ccc(N2CC(N3CCC(CCC(=O)O)CC3)=C(c3ccccc3)C2=O)cc1. The van der Waals surface area contributed by atoms with Crippen LogP contribution in [-0.2, 0) is 9.59 Å². The van der Waals surface area contributed by atoms with E-state index in [1.807, 2.05) is 42.5 Å². The van der Waals surface area contributed by atoms with Crippen LogP contribution in [0.4, 0.5) is 5.69 Å². The van der Waals surface area contributed by atoms with Gasteiger partial charge in [0.25, 0.3) is 5.91 Å². The Morgan fingerprint density at radius 3 is 2.31 bits per heavy atom. The second-order valence-corrected chi connectivity index (χ2v) is 8.40. The second-order valence-electron chi connectivity index (χ2n) is 8.40. The quantitative estimate of drug-likeness (QED) is 0.459. The number of hydrogen-bond donors (Lipinski definition) is 3. The fourth-order valence-electron chi connectivity index (χ4n) is 4.56. The summed E-state index contributed by atoms with van der Waals surface area (Å²) in [5.74, 6) is -0.363. The summed E-state index contributed by atoms with van der Waals surface area (Å²) in [5, 5.41) is 16.5. The number of likely N-dealkylation sites (tertiary alicyclic amines) is 1. The zero-order valence-electron chi connectivity index (χ0n) is 18.0. The van der Waals surface area contributed by atoms with Crippen molar-refractivity contribution in [3.05, 3.63) is 71.4 Å². The number of anilines is 1. The average molecular weight is 433 g/mol. The molecule has 2 heterocycles. The fourth-order valence-corrected chi connectivity index (χ4v) is 4.56. The van der Waals surface area contributed by atoms with Gasteiger partial charge in [0.2, 0.25) is 0 Å². The lowest BCUT2D eigenvalue weighted by atomic mass is 9.91. The topological polar surface area (TPSA) is 111 Å². The van der Waals surface area contributed by atoms with Crippen molar-refractivity contribution >= 4 is 29.0 Å². The molecule has 7 heteroatoms. The number of benzene rings is 2. The van der Waals surface area contributed by atoms with E-state index < -0.39 is 5.97 Å². The number of carboxylic acid groups (broad SMARTS) is 1. The van der Waals surface area contributed by atoms with Crippen molar-refractivity contribution in [3.8, 4) is 0 Å². The Morgan fingerprint density at radius 2 is 1.72 bits per heavy atom. The molecule has 1 amide bonds. The van der Waals surface area contributed by atoms with Gasteiger partial charge in [-0.2, -0.15) is 0 Å². The standard InChI is InChI=1S/C25H28N4O3/c26-24(27)19-7-9-20(10-8-19)29-16-21(23(25(29)32)18-4-2-1-3-5-18)28-14-12-17(13-15-28)6-11-22(30)31/h1-5,7-10,17H,6,11-16H2,(H3,26,27)(H,30,31). The van der Waals surface area contributed by atoms with E-state index in [9.17, 15) is 9.59 Å². The Hall–Kier alpha value is -3.61. The van der Waals surface area contributed by atoms with Crippen LogP contribution in [0.1, 0.15) is 36.8 Å².